The number of ether oxygens (including phenoxy) is 1. The van der Waals surface area contributed by atoms with Crippen molar-refractivity contribution in [3.05, 3.63) is 58.1 Å². The van der Waals surface area contributed by atoms with Crippen LogP contribution >= 0.6 is 22.9 Å². The molecule has 32 heavy (non-hydrogen) atoms. The number of rotatable bonds is 4. The molecular weight excluding hydrogens is 467 g/mol. The maximum atomic E-state index is 10.6. The van der Waals surface area contributed by atoms with Gasteiger partial charge < -0.3 is 20.9 Å². The van der Waals surface area contributed by atoms with Gasteiger partial charge in [0.15, 0.2) is 0 Å². The minimum absolute atomic E-state index is 0.0398. The van der Waals surface area contributed by atoms with Crippen LogP contribution in [0.15, 0.2) is 42.5 Å². The van der Waals surface area contributed by atoms with E-state index in [4.69, 9.17) is 32.0 Å². The number of thiophene rings is 1. The number of anilines is 1. The second-order valence-electron chi connectivity index (χ2n) is 7.10. The number of nitrogens with two attached hydrogens (primary N) is 1. The summed E-state index contributed by atoms with van der Waals surface area (Å²) in [6.45, 7) is 1.50. The number of nitrogens with zero attached hydrogens (tertiary/aromatic N) is 1. The number of halogens is 4. The van der Waals surface area contributed by atoms with Crippen molar-refractivity contribution in [1.82, 2.24) is 4.98 Å². The van der Waals surface area contributed by atoms with Crippen LogP contribution in [0.2, 0.25) is 5.15 Å². The van der Waals surface area contributed by atoms with Gasteiger partial charge in [0, 0.05) is 30.1 Å². The fraction of sp³-hybridized carbons (Fsp3) is 0.333. The number of nitrogens with one attached hydrogen (secondary N) is 1. The van der Waals surface area contributed by atoms with E-state index in [0.717, 1.165) is 46.8 Å². The van der Waals surface area contributed by atoms with E-state index in [1.807, 2.05) is 24.3 Å². The van der Waals surface area contributed by atoms with Crippen LogP contribution in [-0.2, 0) is 16.1 Å². The number of hydrogen-bond donors (Lipinski definition) is 3. The quantitative estimate of drug-likeness (QED) is 0.428. The van der Waals surface area contributed by atoms with Gasteiger partial charge in [-0.05, 0) is 24.5 Å². The van der Waals surface area contributed by atoms with Gasteiger partial charge in [-0.3, -0.25) is 0 Å². The lowest BCUT2D eigenvalue weighted by Gasteiger charge is -2.27. The number of alkyl halides is 3. The average Bonchev–Trinajstić information content (AvgIpc) is 3.16. The molecule has 1 aliphatic rings. The number of fused-ring (bicyclic) bond motifs is 1. The first kappa shape index (κ1) is 24.2. The van der Waals surface area contributed by atoms with Crippen molar-refractivity contribution >= 4 is 44.8 Å². The van der Waals surface area contributed by atoms with Crippen molar-refractivity contribution in [1.29, 1.82) is 0 Å². The van der Waals surface area contributed by atoms with E-state index in [1.54, 1.807) is 11.3 Å². The van der Waals surface area contributed by atoms with Gasteiger partial charge in [0.25, 0.3) is 0 Å². The second-order valence-corrected chi connectivity index (χ2v) is 8.57. The molecule has 4 rings (SSSR count). The molecule has 3 heterocycles. The summed E-state index contributed by atoms with van der Waals surface area (Å²) in [5, 5.41) is 11.1. The Bertz CT molecular complexity index is 1060. The Balaban J connectivity index is 0.000000360. The van der Waals surface area contributed by atoms with Crippen LogP contribution in [-0.4, -0.2) is 34.9 Å². The first-order valence-electron chi connectivity index (χ1n) is 9.70. The highest BCUT2D eigenvalue weighted by molar-refractivity contribution is 7.19. The van der Waals surface area contributed by atoms with Crippen molar-refractivity contribution in [2.45, 2.75) is 37.7 Å². The lowest BCUT2D eigenvalue weighted by Crippen LogP contribution is -2.33. The minimum atomic E-state index is -5.08. The molecule has 1 fully saturated rings. The van der Waals surface area contributed by atoms with Gasteiger partial charge >= 0.3 is 12.1 Å². The van der Waals surface area contributed by atoms with E-state index >= 15 is 0 Å². The lowest BCUT2D eigenvalue weighted by molar-refractivity contribution is -0.192. The maximum Gasteiger partial charge on any atom is 0.490 e. The van der Waals surface area contributed by atoms with Crippen molar-refractivity contribution in [3.8, 4) is 0 Å². The number of carbonyl (C=O) groups is 1. The van der Waals surface area contributed by atoms with E-state index in [1.165, 1.54) is 5.56 Å². The van der Waals surface area contributed by atoms with Crippen LogP contribution in [0, 0.1) is 0 Å². The molecule has 0 saturated carbocycles. The molecule has 0 amide bonds. The van der Waals surface area contributed by atoms with E-state index in [2.05, 4.69) is 28.5 Å². The number of hydrogen-bond acceptors (Lipinski definition) is 6. The SMILES string of the molecule is N[C@@H]1CCCO[C@H]1c1cc2nc(Cl)cc(NCc3ccccc3)c2s1.O=C(O)C(F)(F)F. The molecule has 3 aromatic rings. The summed E-state index contributed by atoms with van der Waals surface area (Å²) in [5.41, 5.74) is 9.37. The number of aromatic nitrogens is 1. The minimum Gasteiger partial charge on any atom is -0.475 e. The molecule has 0 unspecified atom stereocenters. The average molecular weight is 488 g/mol. The molecule has 2 aromatic heterocycles. The third-order valence-electron chi connectivity index (χ3n) is 4.68. The van der Waals surface area contributed by atoms with Gasteiger partial charge in [0.1, 0.15) is 11.3 Å². The molecule has 4 N–H and O–H groups in total. The highest BCUT2D eigenvalue weighted by Crippen LogP contribution is 2.39. The lowest BCUT2D eigenvalue weighted by atomic mass is 10.0. The third kappa shape index (κ3) is 6.32. The first-order chi connectivity index (χ1) is 15.1. The molecular formula is C21H21ClF3N3O3S. The summed E-state index contributed by atoms with van der Waals surface area (Å²) in [6, 6.07) is 14.3. The second kappa shape index (κ2) is 10.5. The van der Waals surface area contributed by atoms with Crippen LogP contribution in [0.3, 0.4) is 0 Å². The standard InChI is InChI=1S/C19H20ClN3OS.C2HF3O2/c20-17-10-14(22-11-12-5-2-1-3-6-12)19-15(23-17)9-16(25-19)18-13(21)7-4-8-24-18;3-2(4,5)1(6)7/h1-3,5-6,9-10,13,18H,4,7-8,11,21H2,(H,22,23);(H,6,7)/t13-,18-;/m1./s1. The first-order valence-corrected chi connectivity index (χ1v) is 10.9. The summed E-state index contributed by atoms with van der Waals surface area (Å²) in [5.74, 6) is -2.76. The number of carboxylic acids is 1. The smallest absolute Gasteiger partial charge is 0.475 e. The molecule has 0 aliphatic carbocycles. The summed E-state index contributed by atoms with van der Waals surface area (Å²) in [7, 11) is 0. The van der Waals surface area contributed by atoms with Gasteiger partial charge in [-0.25, -0.2) is 9.78 Å². The molecule has 1 aromatic carbocycles. The van der Waals surface area contributed by atoms with E-state index < -0.39 is 12.1 Å². The van der Waals surface area contributed by atoms with Crippen LogP contribution < -0.4 is 11.1 Å². The topological polar surface area (TPSA) is 97.5 Å². The predicted octanol–water partition coefficient (Wildman–Crippen LogP) is 5.37. The Morgan fingerprint density at radius 2 is 2.00 bits per heavy atom. The number of carboxylic acid groups (broad SMARTS) is 1. The number of pyridine rings is 1. The van der Waals surface area contributed by atoms with Crippen LogP contribution in [0.25, 0.3) is 10.2 Å². The van der Waals surface area contributed by atoms with Crippen LogP contribution in [0.1, 0.15) is 29.4 Å². The Hall–Kier alpha value is -2.40. The van der Waals surface area contributed by atoms with E-state index in [0.29, 0.717) is 5.15 Å². The highest BCUT2D eigenvalue weighted by Gasteiger charge is 2.38. The molecule has 172 valence electrons. The molecule has 0 radical (unpaired) electrons. The Labute approximate surface area is 191 Å². The van der Waals surface area contributed by atoms with Gasteiger partial charge in [0.05, 0.1) is 15.9 Å². The zero-order valence-corrected chi connectivity index (χ0v) is 18.3. The third-order valence-corrected chi connectivity index (χ3v) is 6.10. The van der Waals surface area contributed by atoms with Crippen LogP contribution in [0.4, 0.5) is 18.9 Å². The van der Waals surface area contributed by atoms with Gasteiger partial charge in [-0.2, -0.15) is 13.2 Å². The summed E-state index contributed by atoms with van der Waals surface area (Å²) in [6.07, 6.45) is -3.11. The molecule has 1 aliphatic heterocycles. The fourth-order valence-corrected chi connectivity index (χ4v) is 4.59. The Morgan fingerprint density at radius 1 is 1.31 bits per heavy atom. The van der Waals surface area contributed by atoms with Crippen molar-refractivity contribution < 1.29 is 27.8 Å². The van der Waals surface area contributed by atoms with Gasteiger partial charge in [0.2, 0.25) is 0 Å². The van der Waals surface area contributed by atoms with Gasteiger partial charge in [-0.1, -0.05) is 41.9 Å². The fourth-order valence-electron chi connectivity index (χ4n) is 3.17. The summed E-state index contributed by atoms with van der Waals surface area (Å²) < 4.78 is 38.7. The molecule has 1 saturated heterocycles. The highest BCUT2D eigenvalue weighted by atomic mass is 35.5. The number of benzene rings is 1. The Morgan fingerprint density at radius 3 is 2.62 bits per heavy atom. The van der Waals surface area contributed by atoms with Gasteiger partial charge in [-0.15, -0.1) is 11.3 Å². The molecule has 6 nitrogen and oxygen atoms in total. The van der Waals surface area contributed by atoms with Crippen molar-refractivity contribution in [3.63, 3.8) is 0 Å². The van der Waals surface area contributed by atoms with Crippen molar-refractivity contribution in [2.24, 2.45) is 5.73 Å². The molecule has 11 heteroatoms. The van der Waals surface area contributed by atoms with Crippen molar-refractivity contribution in [2.75, 3.05) is 11.9 Å². The monoisotopic (exact) mass is 487 g/mol. The normalized spacial score (nSPS) is 18.7. The zero-order valence-electron chi connectivity index (χ0n) is 16.7. The Kier molecular flexibility index (Phi) is 7.94. The predicted molar refractivity (Wildman–Crippen MR) is 118 cm³/mol. The molecule has 0 spiro atoms. The van der Waals surface area contributed by atoms with E-state index in [-0.39, 0.29) is 12.1 Å². The maximum absolute atomic E-state index is 10.6. The molecule has 0 bridgehead atoms. The number of aliphatic carboxylic acids is 1. The summed E-state index contributed by atoms with van der Waals surface area (Å²) in [4.78, 5) is 14.5. The zero-order chi connectivity index (χ0) is 23.3. The summed E-state index contributed by atoms with van der Waals surface area (Å²) >= 11 is 7.92. The molecule has 2 atom stereocenters. The van der Waals surface area contributed by atoms with Crippen LogP contribution in [0.5, 0.6) is 0 Å². The largest absolute Gasteiger partial charge is 0.490 e. The van der Waals surface area contributed by atoms with E-state index in [9.17, 15) is 13.2 Å².